The normalized spacial score (nSPS) is 14.6. The van der Waals surface area contributed by atoms with Crippen molar-refractivity contribution in [2.75, 3.05) is 6.54 Å². The predicted molar refractivity (Wildman–Crippen MR) is 77.4 cm³/mol. The summed E-state index contributed by atoms with van der Waals surface area (Å²) in [6.07, 6.45) is 2.51. The molecule has 1 heterocycles. The maximum atomic E-state index is 12.3. The number of benzene rings is 1. The van der Waals surface area contributed by atoms with Crippen molar-refractivity contribution in [2.24, 2.45) is 11.1 Å². The number of amides is 1. The van der Waals surface area contributed by atoms with E-state index in [1.807, 2.05) is 17.0 Å². The van der Waals surface area contributed by atoms with Crippen molar-refractivity contribution in [3.8, 4) is 0 Å². The molecule has 1 aliphatic rings. The van der Waals surface area contributed by atoms with Crippen molar-refractivity contribution in [1.29, 1.82) is 0 Å². The lowest BCUT2D eigenvalue weighted by molar-refractivity contribution is -0.132. The molecule has 2 rings (SSSR count). The Hall–Kier alpha value is -1.35. The molecular weight excluding hydrogens is 236 g/mol. The zero-order valence-electron chi connectivity index (χ0n) is 12.0. The Bertz CT molecular complexity index is 429. The van der Waals surface area contributed by atoms with Crippen LogP contribution in [0.2, 0.25) is 0 Å². The van der Waals surface area contributed by atoms with E-state index in [4.69, 9.17) is 5.73 Å². The van der Waals surface area contributed by atoms with E-state index in [-0.39, 0.29) is 11.3 Å². The number of nitrogens with zero attached hydrogens (tertiary/aromatic N) is 1. The quantitative estimate of drug-likeness (QED) is 0.884. The lowest BCUT2D eigenvalue weighted by atomic mass is 9.84. The number of carbonyl (C=O) groups is 1. The van der Waals surface area contributed by atoms with Gasteiger partial charge in [0.05, 0.1) is 0 Å². The first-order valence-corrected chi connectivity index (χ1v) is 7.06. The molecule has 2 N–H and O–H groups in total. The molecule has 3 nitrogen and oxygen atoms in total. The van der Waals surface area contributed by atoms with Crippen molar-refractivity contribution >= 4 is 5.91 Å². The van der Waals surface area contributed by atoms with Crippen LogP contribution in [0, 0.1) is 5.41 Å². The van der Waals surface area contributed by atoms with Gasteiger partial charge in [-0.3, -0.25) is 4.79 Å². The summed E-state index contributed by atoms with van der Waals surface area (Å²) in [6, 6.07) is 8.30. The topological polar surface area (TPSA) is 46.3 Å². The molecule has 0 spiro atoms. The molecule has 0 unspecified atom stereocenters. The smallest absolute Gasteiger partial charge is 0.223 e. The molecule has 19 heavy (non-hydrogen) atoms. The average Bonchev–Trinajstić information content (AvgIpc) is 2.79. The van der Waals surface area contributed by atoms with Crippen LogP contribution in [0.25, 0.3) is 0 Å². The van der Waals surface area contributed by atoms with Gasteiger partial charge in [-0.15, -0.1) is 0 Å². The van der Waals surface area contributed by atoms with E-state index >= 15 is 0 Å². The highest BCUT2D eigenvalue weighted by atomic mass is 16.2. The van der Waals surface area contributed by atoms with Gasteiger partial charge < -0.3 is 10.6 Å². The molecule has 1 aromatic rings. The number of fused-ring (bicyclic) bond motifs is 1. The highest BCUT2D eigenvalue weighted by molar-refractivity contribution is 5.77. The van der Waals surface area contributed by atoms with Gasteiger partial charge in [-0.2, -0.15) is 0 Å². The van der Waals surface area contributed by atoms with Gasteiger partial charge in [0.25, 0.3) is 0 Å². The van der Waals surface area contributed by atoms with Gasteiger partial charge in [-0.05, 0) is 35.9 Å². The Balaban J connectivity index is 1.86. The fourth-order valence-electron chi connectivity index (χ4n) is 2.63. The SMILES string of the molecule is CC(C)(CCN)CCC(=O)N1Cc2ccccc2C1. The van der Waals surface area contributed by atoms with Gasteiger partial charge in [-0.25, -0.2) is 0 Å². The highest BCUT2D eigenvalue weighted by Gasteiger charge is 2.25. The van der Waals surface area contributed by atoms with Gasteiger partial charge >= 0.3 is 0 Å². The second kappa shape index (κ2) is 5.74. The maximum Gasteiger partial charge on any atom is 0.223 e. The summed E-state index contributed by atoms with van der Waals surface area (Å²) in [5.74, 6) is 0.265. The summed E-state index contributed by atoms with van der Waals surface area (Å²) in [5.41, 5.74) is 8.35. The fraction of sp³-hybridized carbons (Fsp3) is 0.562. The molecule has 1 amide bonds. The Labute approximate surface area is 115 Å². The number of hydrogen-bond acceptors (Lipinski definition) is 2. The van der Waals surface area contributed by atoms with Crippen LogP contribution in [0.15, 0.2) is 24.3 Å². The van der Waals surface area contributed by atoms with Gasteiger partial charge in [0.15, 0.2) is 0 Å². The van der Waals surface area contributed by atoms with Crippen LogP contribution >= 0.6 is 0 Å². The van der Waals surface area contributed by atoms with Crippen molar-refractivity contribution in [1.82, 2.24) is 4.90 Å². The summed E-state index contributed by atoms with van der Waals surface area (Å²) in [7, 11) is 0. The number of carbonyl (C=O) groups excluding carboxylic acids is 1. The molecule has 104 valence electrons. The molecule has 0 fully saturated rings. The van der Waals surface area contributed by atoms with Crippen molar-refractivity contribution < 1.29 is 4.79 Å². The standard InChI is InChI=1S/C16H24N2O/c1-16(2,9-10-17)8-7-15(19)18-11-13-5-3-4-6-14(13)12-18/h3-6H,7-12,17H2,1-2H3. The molecule has 0 aliphatic carbocycles. The summed E-state index contributed by atoms with van der Waals surface area (Å²) in [6.45, 7) is 6.60. The van der Waals surface area contributed by atoms with Crippen LogP contribution in [-0.4, -0.2) is 17.4 Å². The Kier molecular flexibility index (Phi) is 4.25. The average molecular weight is 260 g/mol. The predicted octanol–water partition coefficient (Wildman–Crippen LogP) is 2.68. The van der Waals surface area contributed by atoms with Crippen LogP contribution in [0.1, 0.15) is 44.2 Å². The molecule has 0 bridgehead atoms. The maximum absolute atomic E-state index is 12.3. The third-order valence-corrected chi connectivity index (χ3v) is 4.03. The van der Waals surface area contributed by atoms with Gasteiger partial charge in [0, 0.05) is 19.5 Å². The van der Waals surface area contributed by atoms with Crippen LogP contribution < -0.4 is 5.73 Å². The first-order chi connectivity index (χ1) is 9.02. The Morgan fingerprint density at radius 2 is 1.79 bits per heavy atom. The molecule has 0 saturated heterocycles. The highest BCUT2D eigenvalue weighted by Crippen LogP contribution is 2.28. The lowest BCUT2D eigenvalue weighted by Crippen LogP contribution is -2.27. The van der Waals surface area contributed by atoms with E-state index in [1.54, 1.807) is 0 Å². The number of nitrogens with two attached hydrogens (primary N) is 1. The second-order valence-corrected chi connectivity index (χ2v) is 6.22. The van der Waals surface area contributed by atoms with Gasteiger partial charge in [-0.1, -0.05) is 38.1 Å². The van der Waals surface area contributed by atoms with Crippen LogP contribution in [0.5, 0.6) is 0 Å². The molecule has 1 aliphatic heterocycles. The zero-order chi connectivity index (χ0) is 13.9. The third-order valence-electron chi connectivity index (χ3n) is 4.03. The molecule has 0 radical (unpaired) electrons. The molecular formula is C16H24N2O. The zero-order valence-corrected chi connectivity index (χ0v) is 12.0. The molecule has 3 heteroatoms. The Morgan fingerprint density at radius 3 is 2.32 bits per heavy atom. The summed E-state index contributed by atoms with van der Waals surface area (Å²) in [5, 5.41) is 0. The van der Waals surface area contributed by atoms with E-state index in [9.17, 15) is 4.79 Å². The second-order valence-electron chi connectivity index (χ2n) is 6.22. The van der Waals surface area contributed by atoms with Crippen LogP contribution in [-0.2, 0) is 17.9 Å². The summed E-state index contributed by atoms with van der Waals surface area (Å²) < 4.78 is 0. The Morgan fingerprint density at radius 1 is 1.21 bits per heavy atom. The van der Waals surface area contributed by atoms with E-state index in [1.165, 1.54) is 11.1 Å². The first-order valence-electron chi connectivity index (χ1n) is 7.06. The lowest BCUT2D eigenvalue weighted by Gasteiger charge is -2.25. The largest absolute Gasteiger partial charge is 0.334 e. The number of rotatable bonds is 5. The molecule has 0 aromatic heterocycles. The summed E-state index contributed by atoms with van der Waals surface area (Å²) in [4.78, 5) is 14.2. The van der Waals surface area contributed by atoms with E-state index in [0.29, 0.717) is 13.0 Å². The van der Waals surface area contributed by atoms with E-state index in [0.717, 1.165) is 25.9 Å². The molecule has 0 atom stereocenters. The molecule has 1 aromatic carbocycles. The fourth-order valence-corrected chi connectivity index (χ4v) is 2.63. The third kappa shape index (κ3) is 3.57. The van der Waals surface area contributed by atoms with Crippen LogP contribution in [0.3, 0.4) is 0 Å². The molecule has 0 saturated carbocycles. The number of hydrogen-bond donors (Lipinski definition) is 1. The minimum Gasteiger partial charge on any atom is -0.334 e. The van der Waals surface area contributed by atoms with Gasteiger partial charge in [0.1, 0.15) is 0 Å². The minimum absolute atomic E-state index is 0.164. The van der Waals surface area contributed by atoms with E-state index in [2.05, 4.69) is 26.0 Å². The van der Waals surface area contributed by atoms with Crippen LogP contribution in [0.4, 0.5) is 0 Å². The van der Waals surface area contributed by atoms with Crippen molar-refractivity contribution in [3.05, 3.63) is 35.4 Å². The summed E-state index contributed by atoms with van der Waals surface area (Å²) >= 11 is 0. The van der Waals surface area contributed by atoms with Crippen molar-refractivity contribution in [3.63, 3.8) is 0 Å². The monoisotopic (exact) mass is 260 g/mol. The first kappa shape index (κ1) is 14.1. The van der Waals surface area contributed by atoms with Gasteiger partial charge in [0.2, 0.25) is 5.91 Å². The van der Waals surface area contributed by atoms with E-state index < -0.39 is 0 Å². The van der Waals surface area contributed by atoms with Crippen molar-refractivity contribution in [2.45, 2.75) is 46.2 Å². The minimum atomic E-state index is 0.164.